The Morgan fingerprint density at radius 3 is 3.00 bits per heavy atom. The molecule has 1 atom stereocenters. The molecule has 0 spiro atoms. The van der Waals surface area contributed by atoms with Crippen LogP contribution in [0, 0.1) is 0 Å². The molecule has 0 radical (unpaired) electrons. The minimum absolute atomic E-state index is 0.200. The summed E-state index contributed by atoms with van der Waals surface area (Å²) in [5, 5.41) is 3.02. The Labute approximate surface area is 108 Å². The molecule has 0 aliphatic carbocycles. The van der Waals surface area contributed by atoms with Gasteiger partial charge in [0, 0.05) is 6.54 Å². The van der Waals surface area contributed by atoms with Crippen molar-refractivity contribution in [3.63, 3.8) is 0 Å². The standard InChI is InChI=1S/C10H13Cl2N3S/c1-16-5-3-2-4-15(7-16)8-6-13-10(12)14-9(8)11/h5-6H,2-4,7H2,1H3. The number of nitrogens with zero attached hydrogens (tertiary/aromatic N) is 3. The van der Waals surface area contributed by atoms with Crippen LogP contribution in [0.2, 0.25) is 10.4 Å². The van der Waals surface area contributed by atoms with E-state index in [2.05, 4.69) is 26.5 Å². The minimum atomic E-state index is 0.200. The summed E-state index contributed by atoms with van der Waals surface area (Å²) in [5.74, 6) is 0.991. The molecule has 1 aliphatic rings. The first-order valence-electron chi connectivity index (χ1n) is 5.04. The molecule has 1 aliphatic heterocycles. The van der Waals surface area contributed by atoms with Crippen LogP contribution in [-0.4, -0.2) is 34.0 Å². The smallest absolute Gasteiger partial charge is 0.223 e. The van der Waals surface area contributed by atoms with Crippen LogP contribution in [0.15, 0.2) is 6.20 Å². The molecule has 0 N–H and O–H groups in total. The van der Waals surface area contributed by atoms with E-state index < -0.39 is 0 Å². The lowest BCUT2D eigenvalue weighted by atomic mass is 10.3. The van der Waals surface area contributed by atoms with Gasteiger partial charge in [0.25, 0.3) is 0 Å². The predicted molar refractivity (Wildman–Crippen MR) is 73.1 cm³/mol. The summed E-state index contributed by atoms with van der Waals surface area (Å²) in [6.07, 6.45) is 6.27. The highest BCUT2D eigenvalue weighted by molar-refractivity contribution is 8.14. The molecule has 0 aromatic carbocycles. The van der Waals surface area contributed by atoms with Gasteiger partial charge in [-0.05, 0) is 30.7 Å². The van der Waals surface area contributed by atoms with Crippen LogP contribution in [0.5, 0.6) is 0 Å². The Balaban J connectivity index is 2.26. The zero-order valence-corrected chi connectivity index (χ0v) is 11.3. The zero-order chi connectivity index (χ0) is 11.5. The maximum atomic E-state index is 6.08. The van der Waals surface area contributed by atoms with E-state index in [0.717, 1.165) is 24.5 Å². The SMILES string of the molecule is CS1=CCCCN(c2cnc(Cl)nc2Cl)C1. The van der Waals surface area contributed by atoms with Gasteiger partial charge in [0.05, 0.1) is 17.8 Å². The first-order valence-corrected chi connectivity index (χ1v) is 7.66. The molecule has 2 heterocycles. The van der Waals surface area contributed by atoms with Crippen molar-refractivity contribution in [2.45, 2.75) is 12.8 Å². The molecule has 0 amide bonds. The molecule has 6 heteroatoms. The van der Waals surface area contributed by atoms with E-state index in [1.165, 1.54) is 6.42 Å². The first kappa shape index (κ1) is 12.1. The zero-order valence-electron chi connectivity index (χ0n) is 8.99. The second-order valence-corrected chi connectivity index (χ2v) is 6.38. The van der Waals surface area contributed by atoms with Crippen LogP contribution >= 0.6 is 33.7 Å². The Bertz CT molecular complexity index is 423. The number of halogens is 2. The summed E-state index contributed by atoms with van der Waals surface area (Å²) < 4.78 is 0. The number of anilines is 1. The van der Waals surface area contributed by atoms with Gasteiger partial charge >= 0.3 is 0 Å². The molecule has 88 valence electrons. The summed E-state index contributed by atoms with van der Waals surface area (Å²) in [4.78, 5) is 10.2. The third-order valence-corrected chi connectivity index (χ3v) is 4.41. The van der Waals surface area contributed by atoms with E-state index in [1.807, 2.05) is 0 Å². The maximum Gasteiger partial charge on any atom is 0.223 e. The van der Waals surface area contributed by atoms with Crippen molar-refractivity contribution in [2.24, 2.45) is 0 Å². The largest absolute Gasteiger partial charge is 0.359 e. The third-order valence-electron chi connectivity index (χ3n) is 2.43. The van der Waals surface area contributed by atoms with Gasteiger partial charge in [0.1, 0.15) is 0 Å². The average Bonchev–Trinajstić information content (AvgIpc) is 2.43. The summed E-state index contributed by atoms with van der Waals surface area (Å²) in [6, 6.07) is 0. The topological polar surface area (TPSA) is 29.0 Å². The van der Waals surface area contributed by atoms with E-state index in [-0.39, 0.29) is 5.28 Å². The van der Waals surface area contributed by atoms with Crippen LogP contribution in [0.4, 0.5) is 5.69 Å². The lowest BCUT2D eigenvalue weighted by molar-refractivity contribution is 0.814. The Morgan fingerprint density at radius 1 is 1.44 bits per heavy atom. The second kappa shape index (κ2) is 5.34. The van der Waals surface area contributed by atoms with E-state index in [9.17, 15) is 0 Å². The van der Waals surface area contributed by atoms with Gasteiger partial charge < -0.3 is 4.90 Å². The van der Waals surface area contributed by atoms with E-state index in [4.69, 9.17) is 23.2 Å². The van der Waals surface area contributed by atoms with Crippen LogP contribution in [0.25, 0.3) is 0 Å². The van der Waals surface area contributed by atoms with Gasteiger partial charge in [-0.3, -0.25) is 0 Å². The van der Waals surface area contributed by atoms with Crippen molar-refractivity contribution >= 4 is 44.7 Å². The highest BCUT2D eigenvalue weighted by Crippen LogP contribution is 2.27. The summed E-state index contributed by atoms with van der Waals surface area (Å²) >= 11 is 11.8. The predicted octanol–water partition coefficient (Wildman–Crippen LogP) is 3.04. The summed E-state index contributed by atoms with van der Waals surface area (Å²) in [7, 11) is 0.302. The molecule has 0 bridgehead atoms. The fourth-order valence-electron chi connectivity index (χ4n) is 1.67. The van der Waals surface area contributed by atoms with Crippen LogP contribution in [0.1, 0.15) is 12.8 Å². The van der Waals surface area contributed by atoms with Gasteiger partial charge in [0.15, 0.2) is 5.15 Å². The van der Waals surface area contributed by atoms with Crippen molar-refractivity contribution in [3.05, 3.63) is 16.6 Å². The quantitative estimate of drug-likeness (QED) is 0.449. The summed E-state index contributed by atoms with van der Waals surface area (Å²) in [5.41, 5.74) is 0.890. The molecule has 0 fully saturated rings. The van der Waals surface area contributed by atoms with E-state index in [1.54, 1.807) is 6.20 Å². The molecule has 1 aromatic rings. The molecular weight excluding hydrogens is 265 g/mol. The fraction of sp³-hybridized carbons (Fsp3) is 0.500. The van der Waals surface area contributed by atoms with Crippen molar-refractivity contribution in [1.82, 2.24) is 9.97 Å². The Hall–Kier alpha value is -0.320. The molecular formula is C10H13Cl2N3S. The van der Waals surface area contributed by atoms with Crippen molar-refractivity contribution in [2.75, 3.05) is 23.6 Å². The lowest BCUT2D eigenvalue weighted by Crippen LogP contribution is -2.24. The van der Waals surface area contributed by atoms with Crippen molar-refractivity contribution in [1.29, 1.82) is 0 Å². The molecule has 1 unspecified atom stereocenters. The third kappa shape index (κ3) is 2.87. The normalized spacial score (nSPS) is 21.4. The minimum Gasteiger partial charge on any atom is -0.359 e. The van der Waals surface area contributed by atoms with Gasteiger partial charge in [-0.15, -0.1) is 0 Å². The van der Waals surface area contributed by atoms with Gasteiger partial charge in [-0.2, -0.15) is 10.5 Å². The van der Waals surface area contributed by atoms with Gasteiger partial charge in [-0.1, -0.05) is 17.0 Å². The Morgan fingerprint density at radius 2 is 2.25 bits per heavy atom. The highest BCUT2D eigenvalue weighted by atomic mass is 35.5. The lowest BCUT2D eigenvalue weighted by Gasteiger charge is -2.23. The molecule has 2 rings (SSSR count). The van der Waals surface area contributed by atoms with Gasteiger partial charge in [-0.25, -0.2) is 9.97 Å². The number of hydrogen-bond donors (Lipinski definition) is 0. The Kier molecular flexibility index (Phi) is 4.05. The van der Waals surface area contributed by atoms with Crippen LogP contribution in [0.3, 0.4) is 0 Å². The molecule has 0 saturated carbocycles. The van der Waals surface area contributed by atoms with E-state index >= 15 is 0 Å². The fourth-order valence-corrected chi connectivity index (χ4v) is 3.53. The molecule has 0 saturated heterocycles. The molecule has 3 nitrogen and oxygen atoms in total. The second-order valence-electron chi connectivity index (χ2n) is 3.71. The first-order chi connectivity index (χ1) is 7.66. The number of hydrogen-bond acceptors (Lipinski definition) is 3. The molecule has 16 heavy (non-hydrogen) atoms. The van der Waals surface area contributed by atoms with Gasteiger partial charge in [0.2, 0.25) is 5.28 Å². The number of rotatable bonds is 1. The molecule has 1 aromatic heterocycles. The summed E-state index contributed by atoms with van der Waals surface area (Å²) in [6.45, 7) is 0.999. The average molecular weight is 278 g/mol. The van der Waals surface area contributed by atoms with Crippen LogP contribution in [-0.2, 0) is 0 Å². The monoisotopic (exact) mass is 277 g/mol. The van der Waals surface area contributed by atoms with E-state index in [0.29, 0.717) is 15.6 Å². The maximum absolute atomic E-state index is 6.08. The van der Waals surface area contributed by atoms with Crippen molar-refractivity contribution < 1.29 is 0 Å². The highest BCUT2D eigenvalue weighted by Gasteiger charge is 2.14. The van der Waals surface area contributed by atoms with Crippen molar-refractivity contribution in [3.8, 4) is 0 Å². The number of aromatic nitrogens is 2. The van der Waals surface area contributed by atoms with Crippen LogP contribution < -0.4 is 4.90 Å².